The van der Waals surface area contributed by atoms with Gasteiger partial charge in [-0.1, -0.05) is 0 Å². The van der Waals surface area contributed by atoms with Crippen LogP contribution in [0.3, 0.4) is 0 Å². The second kappa shape index (κ2) is 5.61. The zero-order valence-electron chi connectivity index (χ0n) is 13.1. The summed E-state index contributed by atoms with van der Waals surface area (Å²) in [5.41, 5.74) is 0. The first-order chi connectivity index (χ1) is 6.98. The molecule has 0 rings (SSSR count). The molecule has 0 aromatic carbocycles. The van der Waals surface area contributed by atoms with Crippen molar-refractivity contribution in [2.75, 3.05) is 13.6 Å². The van der Waals surface area contributed by atoms with E-state index >= 15 is 0 Å². The topological polar surface area (TPSA) is 3.24 Å². The van der Waals surface area contributed by atoms with Gasteiger partial charge in [0.2, 0.25) is 0 Å². The van der Waals surface area contributed by atoms with Gasteiger partial charge < -0.3 is 0 Å². The van der Waals surface area contributed by atoms with E-state index in [4.69, 9.17) is 0 Å². The van der Waals surface area contributed by atoms with Crippen molar-refractivity contribution in [3.05, 3.63) is 0 Å². The Balaban J connectivity index is 5.10. The van der Waals surface area contributed by atoms with Gasteiger partial charge in [-0.25, -0.2) is 0 Å². The van der Waals surface area contributed by atoms with Crippen LogP contribution in [0.1, 0.15) is 48.0 Å². The fourth-order valence-electron chi connectivity index (χ4n) is 2.89. The summed E-state index contributed by atoms with van der Waals surface area (Å²) in [6.07, 6.45) is 1.32. The zero-order chi connectivity index (χ0) is 13.2. The average Bonchev–Trinajstić information content (AvgIpc) is 2.08. The Bertz CT molecular complexity index is 201. The van der Waals surface area contributed by atoms with Crippen LogP contribution in [0.15, 0.2) is 0 Å². The second-order valence-corrected chi connectivity index (χ2v) is 13.3. The van der Waals surface area contributed by atoms with Crippen molar-refractivity contribution in [3.63, 3.8) is 0 Å². The van der Waals surface area contributed by atoms with Gasteiger partial charge in [0.1, 0.15) is 0 Å². The van der Waals surface area contributed by atoms with Crippen molar-refractivity contribution in [2.45, 2.75) is 69.7 Å². The van der Waals surface area contributed by atoms with Crippen LogP contribution in [0.4, 0.5) is 0 Å². The predicted octanol–water partition coefficient (Wildman–Crippen LogP) is 4.07. The van der Waals surface area contributed by atoms with E-state index in [0.29, 0.717) is 10.1 Å². The number of hydrogen-bond donors (Lipinski definition) is 0. The molecule has 0 spiro atoms. The standard InChI is InChI=1S/C13H30NSi.Li/c1-10-11-14(8)15(9,12(2,3)4)13(5,6)7;/h1,10-11H2,2-9H3;. The quantitative estimate of drug-likeness (QED) is 0.664. The molecule has 0 aliphatic rings. The molecule has 0 heterocycles. The summed E-state index contributed by atoms with van der Waals surface area (Å²) in [6, 6.07) is 0. The Morgan fingerprint density at radius 3 is 1.62 bits per heavy atom. The van der Waals surface area contributed by atoms with Gasteiger partial charge in [-0.05, 0) is 0 Å². The number of rotatable bonds is 4. The molecule has 0 aromatic heterocycles. The Kier molecular flexibility index (Phi) is 5.88. The normalized spacial score (nSPS) is 14.7. The molecule has 0 unspecified atom stereocenters. The summed E-state index contributed by atoms with van der Waals surface area (Å²) in [5.74, 6) is 0. The predicted molar refractivity (Wildman–Crippen MR) is 78.9 cm³/mol. The van der Waals surface area contributed by atoms with Crippen LogP contribution in [0.25, 0.3) is 0 Å². The molecular formula is C13H30LiNSi. The van der Waals surface area contributed by atoms with Crippen molar-refractivity contribution in [1.29, 1.82) is 0 Å². The minimum atomic E-state index is -1.46. The second-order valence-electron chi connectivity index (χ2n) is 7.35. The minimum absolute atomic E-state index is 0.424. The van der Waals surface area contributed by atoms with Crippen LogP contribution >= 0.6 is 0 Å². The molecule has 16 heavy (non-hydrogen) atoms. The summed E-state index contributed by atoms with van der Waals surface area (Å²) in [4.78, 5) is 0. The van der Waals surface area contributed by atoms with Gasteiger partial charge in [-0.2, -0.15) is 0 Å². The monoisotopic (exact) mass is 235 g/mol. The van der Waals surface area contributed by atoms with Crippen molar-refractivity contribution in [1.82, 2.24) is 4.57 Å². The molecule has 0 aliphatic heterocycles. The Morgan fingerprint density at radius 2 is 1.38 bits per heavy atom. The number of nitrogens with zero attached hydrogens (tertiary/aromatic N) is 1. The van der Waals surface area contributed by atoms with Crippen LogP contribution in [-0.2, 0) is 0 Å². The molecule has 0 saturated carbocycles. The van der Waals surface area contributed by atoms with E-state index in [1.54, 1.807) is 0 Å². The summed E-state index contributed by atoms with van der Waals surface area (Å²) in [5, 5.41) is 2.14. The molecule has 0 fully saturated rings. The molecule has 0 atom stereocenters. The van der Waals surface area contributed by atoms with Crippen LogP contribution in [0, 0.1) is 0 Å². The summed E-state index contributed by atoms with van der Waals surface area (Å²) in [6.45, 7) is 18.4. The fraction of sp³-hybridized carbons (Fsp3) is 1.00. The Hall–Kier alpha value is 0.774. The fourth-order valence-corrected chi connectivity index (χ4v) is 8.03. The van der Waals surface area contributed by atoms with Crippen molar-refractivity contribution >= 4 is 26.0 Å². The van der Waals surface area contributed by atoms with Gasteiger partial charge >= 0.3 is 114 Å². The van der Waals surface area contributed by atoms with Gasteiger partial charge in [0.05, 0.1) is 0 Å². The van der Waals surface area contributed by atoms with Crippen molar-refractivity contribution < 1.29 is 0 Å². The summed E-state index contributed by atoms with van der Waals surface area (Å²) < 4.78 is 2.70. The summed E-state index contributed by atoms with van der Waals surface area (Å²) in [7, 11) is 0.886. The molecule has 3 heteroatoms. The first-order valence-corrected chi connectivity index (χ1v) is 9.14. The molecule has 0 bridgehead atoms. The molecule has 0 N–H and O–H groups in total. The van der Waals surface area contributed by atoms with E-state index < -0.39 is 8.24 Å². The first-order valence-electron chi connectivity index (χ1n) is 6.69. The van der Waals surface area contributed by atoms with Crippen LogP contribution in [-0.4, -0.2) is 44.1 Å². The Labute approximate surface area is 114 Å². The number of hydrogen-bond acceptors (Lipinski definition) is 1. The van der Waals surface area contributed by atoms with E-state index in [2.05, 4.69) is 77.4 Å². The molecule has 0 radical (unpaired) electrons. The van der Waals surface area contributed by atoms with Crippen LogP contribution in [0.5, 0.6) is 0 Å². The summed E-state index contributed by atoms with van der Waals surface area (Å²) >= 11 is 2.28. The van der Waals surface area contributed by atoms with Gasteiger partial charge in [-0.15, -0.1) is 0 Å². The van der Waals surface area contributed by atoms with E-state index in [1.165, 1.54) is 18.1 Å². The zero-order valence-corrected chi connectivity index (χ0v) is 14.1. The van der Waals surface area contributed by atoms with Gasteiger partial charge in [0, 0.05) is 0 Å². The Morgan fingerprint density at radius 1 is 1.00 bits per heavy atom. The van der Waals surface area contributed by atoms with E-state index in [1.807, 2.05) is 0 Å². The van der Waals surface area contributed by atoms with Crippen molar-refractivity contribution in [3.8, 4) is 0 Å². The SMILES string of the molecule is [Li][CH2]CCN(C)[Si](C)(C(C)(C)C)C(C)(C)C. The third kappa shape index (κ3) is 3.39. The maximum atomic E-state index is 2.70. The van der Waals surface area contributed by atoms with Gasteiger partial charge in [-0.3, -0.25) is 0 Å². The molecule has 1 nitrogen and oxygen atoms in total. The molecule has 0 aliphatic carbocycles. The maximum absolute atomic E-state index is 2.70. The average molecular weight is 235 g/mol. The molecule has 0 aromatic rings. The first kappa shape index (κ1) is 16.8. The van der Waals surface area contributed by atoms with Crippen LogP contribution < -0.4 is 0 Å². The van der Waals surface area contributed by atoms with Gasteiger partial charge in [0.15, 0.2) is 0 Å². The third-order valence-corrected chi connectivity index (χ3v) is 12.1. The van der Waals surface area contributed by atoms with E-state index in [0.717, 1.165) is 0 Å². The third-order valence-electron chi connectivity index (χ3n) is 4.53. The molecule has 0 saturated heterocycles. The van der Waals surface area contributed by atoms with Crippen LogP contribution in [0.2, 0.25) is 21.7 Å². The molecule has 92 valence electrons. The van der Waals surface area contributed by atoms with E-state index in [9.17, 15) is 0 Å². The van der Waals surface area contributed by atoms with Crippen molar-refractivity contribution in [2.24, 2.45) is 0 Å². The molecular weight excluding hydrogens is 205 g/mol. The molecule has 0 amide bonds. The van der Waals surface area contributed by atoms with Gasteiger partial charge in [0.25, 0.3) is 0 Å². The van der Waals surface area contributed by atoms with E-state index in [-0.39, 0.29) is 0 Å².